The van der Waals surface area contributed by atoms with Gasteiger partial charge in [-0.2, -0.15) is 0 Å². The largest absolute Gasteiger partial charge is 0.338 e. The quantitative estimate of drug-likeness (QED) is 0.848. The van der Waals surface area contributed by atoms with Gasteiger partial charge in [0.1, 0.15) is 0 Å². The first kappa shape index (κ1) is 15.0. The van der Waals surface area contributed by atoms with E-state index < -0.39 is 0 Å². The highest BCUT2D eigenvalue weighted by molar-refractivity contribution is 5.73. The zero-order chi connectivity index (χ0) is 15.6. The van der Waals surface area contributed by atoms with Gasteiger partial charge in [0.25, 0.3) is 0 Å². The van der Waals surface area contributed by atoms with E-state index in [1.165, 1.54) is 44.3 Å². The van der Waals surface area contributed by atoms with Gasteiger partial charge >= 0.3 is 6.03 Å². The highest BCUT2D eigenvalue weighted by Gasteiger charge is 2.38. The van der Waals surface area contributed by atoms with E-state index in [0.717, 1.165) is 19.1 Å². The van der Waals surface area contributed by atoms with E-state index in [-0.39, 0.29) is 6.03 Å². The number of amides is 2. The molecule has 3 aliphatic rings. The van der Waals surface area contributed by atoms with E-state index in [9.17, 15) is 4.79 Å². The van der Waals surface area contributed by atoms with Crippen LogP contribution < -0.4 is 10.6 Å². The van der Waals surface area contributed by atoms with Gasteiger partial charge in [-0.15, -0.1) is 0 Å². The van der Waals surface area contributed by atoms with E-state index in [2.05, 4.69) is 45.9 Å². The Morgan fingerprint density at radius 1 is 1.09 bits per heavy atom. The summed E-state index contributed by atoms with van der Waals surface area (Å²) in [5, 5.41) is 6.12. The molecule has 0 spiro atoms. The molecule has 1 aromatic carbocycles. The van der Waals surface area contributed by atoms with Gasteiger partial charge in [0, 0.05) is 25.7 Å². The molecule has 1 saturated heterocycles. The number of likely N-dealkylation sites (tertiary alicyclic amines) is 1. The molecule has 2 saturated carbocycles. The maximum atomic E-state index is 12.0. The Morgan fingerprint density at radius 3 is 2.65 bits per heavy atom. The predicted octanol–water partition coefficient (Wildman–Crippen LogP) is 2.57. The Balaban J connectivity index is 1.12. The average Bonchev–Trinajstić information content (AvgIpc) is 3.51. The van der Waals surface area contributed by atoms with E-state index in [4.69, 9.17) is 0 Å². The third-order valence-electron chi connectivity index (χ3n) is 5.61. The van der Waals surface area contributed by atoms with Gasteiger partial charge in [-0.25, -0.2) is 4.79 Å². The topological polar surface area (TPSA) is 44.4 Å². The summed E-state index contributed by atoms with van der Waals surface area (Å²) in [4.78, 5) is 14.6. The molecule has 1 aromatic rings. The summed E-state index contributed by atoms with van der Waals surface area (Å²) in [7, 11) is 0. The van der Waals surface area contributed by atoms with Crippen molar-refractivity contribution in [3.05, 3.63) is 35.9 Å². The summed E-state index contributed by atoms with van der Waals surface area (Å²) in [6, 6.07) is 11.5. The normalized spacial score (nSPS) is 30.2. The fourth-order valence-electron chi connectivity index (χ4n) is 3.91. The fraction of sp³-hybridized carbons (Fsp3) is 0.632. The van der Waals surface area contributed by atoms with Gasteiger partial charge in [-0.3, -0.25) is 0 Å². The molecule has 4 nitrogen and oxygen atoms in total. The standard InChI is InChI=1S/C19H27N3O/c23-19(20-11-14-8-9-22(13-14)17-6-7-17)21-12-16-10-18(16)15-4-2-1-3-5-15/h1-5,14,16-18H,6-13H2,(H2,20,21,23)/t14-,16+,18-/m0/s1. The molecule has 0 unspecified atom stereocenters. The molecule has 1 aliphatic heterocycles. The number of rotatable bonds is 6. The monoisotopic (exact) mass is 313 g/mol. The van der Waals surface area contributed by atoms with Crippen LogP contribution in [0.3, 0.4) is 0 Å². The van der Waals surface area contributed by atoms with Gasteiger partial charge in [0.15, 0.2) is 0 Å². The number of urea groups is 1. The Morgan fingerprint density at radius 2 is 1.87 bits per heavy atom. The van der Waals surface area contributed by atoms with Crippen molar-refractivity contribution in [3.63, 3.8) is 0 Å². The van der Waals surface area contributed by atoms with E-state index >= 15 is 0 Å². The van der Waals surface area contributed by atoms with Crippen molar-refractivity contribution in [1.82, 2.24) is 15.5 Å². The molecule has 0 radical (unpaired) electrons. The average molecular weight is 313 g/mol. The van der Waals surface area contributed by atoms with Crippen molar-refractivity contribution < 1.29 is 4.79 Å². The molecule has 2 aliphatic carbocycles. The Hall–Kier alpha value is -1.55. The van der Waals surface area contributed by atoms with Crippen LogP contribution in [0.1, 0.15) is 37.2 Å². The second-order valence-corrected chi connectivity index (χ2v) is 7.48. The summed E-state index contributed by atoms with van der Waals surface area (Å²) < 4.78 is 0. The molecule has 0 aromatic heterocycles. The first-order chi connectivity index (χ1) is 11.3. The van der Waals surface area contributed by atoms with Crippen LogP contribution in [0, 0.1) is 11.8 Å². The summed E-state index contributed by atoms with van der Waals surface area (Å²) in [5.74, 6) is 1.89. The molecule has 3 atom stereocenters. The Bertz CT molecular complexity index is 543. The molecule has 1 heterocycles. The van der Waals surface area contributed by atoms with Gasteiger partial charge in [0.05, 0.1) is 0 Å². The minimum Gasteiger partial charge on any atom is -0.338 e. The van der Waals surface area contributed by atoms with Gasteiger partial charge < -0.3 is 15.5 Å². The molecular weight excluding hydrogens is 286 g/mol. The Kier molecular flexibility index (Phi) is 4.25. The van der Waals surface area contributed by atoms with Gasteiger partial charge in [-0.05, 0) is 55.5 Å². The first-order valence-electron chi connectivity index (χ1n) is 9.10. The van der Waals surface area contributed by atoms with Crippen molar-refractivity contribution in [2.45, 2.75) is 37.6 Å². The van der Waals surface area contributed by atoms with Crippen LogP contribution in [-0.2, 0) is 0 Å². The smallest absolute Gasteiger partial charge is 0.314 e. The van der Waals surface area contributed by atoms with Crippen molar-refractivity contribution in [2.24, 2.45) is 11.8 Å². The molecule has 4 rings (SSSR count). The second kappa shape index (κ2) is 6.52. The third kappa shape index (κ3) is 3.86. The van der Waals surface area contributed by atoms with E-state index in [0.29, 0.717) is 17.8 Å². The number of carbonyl (C=O) groups excluding carboxylic acids is 1. The van der Waals surface area contributed by atoms with Crippen LogP contribution in [0.4, 0.5) is 4.79 Å². The van der Waals surface area contributed by atoms with Crippen LogP contribution in [0.15, 0.2) is 30.3 Å². The lowest BCUT2D eigenvalue weighted by Gasteiger charge is -2.15. The van der Waals surface area contributed by atoms with Crippen molar-refractivity contribution >= 4 is 6.03 Å². The van der Waals surface area contributed by atoms with E-state index in [1.807, 2.05) is 0 Å². The van der Waals surface area contributed by atoms with Gasteiger partial charge in [-0.1, -0.05) is 30.3 Å². The van der Waals surface area contributed by atoms with Crippen LogP contribution in [0.2, 0.25) is 0 Å². The molecule has 0 bridgehead atoms. The van der Waals surface area contributed by atoms with E-state index in [1.54, 1.807) is 0 Å². The number of hydrogen-bond donors (Lipinski definition) is 2. The number of nitrogens with zero attached hydrogens (tertiary/aromatic N) is 1. The SMILES string of the molecule is O=C(NC[C@@H]1CCN(C2CC2)C1)NC[C@H]1C[C@H]1c1ccccc1. The minimum absolute atomic E-state index is 0.00795. The summed E-state index contributed by atoms with van der Waals surface area (Å²) in [6.07, 6.45) is 5.19. The minimum atomic E-state index is 0.00795. The fourth-order valence-corrected chi connectivity index (χ4v) is 3.91. The molecular formula is C19H27N3O. The molecule has 124 valence electrons. The summed E-state index contributed by atoms with van der Waals surface area (Å²) >= 11 is 0. The lowest BCUT2D eigenvalue weighted by molar-refractivity contribution is 0.238. The molecule has 2 amide bonds. The zero-order valence-electron chi connectivity index (χ0n) is 13.7. The molecule has 4 heteroatoms. The van der Waals surface area contributed by atoms with Crippen molar-refractivity contribution in [3.8, 4) is 0 Å². The van der Waals surface area contributed by atoms with Crippen LogP contribution in [-0.4, -0.2) is 43.2 Å². The van der Waals surface area contributed by atoms with Crippen molar-refractivity contribution in [2.75, 3.05) is 26.2 Å². The van der Waals surface area contributed by atoms with Crippen molar-refractivity contribution in [1.29, 1.82) is 0 Å². The summed E-state index contributed by atoms with van der Waals surface area (Å²) in [6.45, 7) is 4.01. The lowest BCUT2D eigenvalue weighted by atomic mass is 10.1. The molecule has 3 fully saturated rings. The first-order valence-corrected chi connectivity index (χ1v) is 9.10. The molecule has 2 N–H and O–H groups in total. The summed E-state index contributed by atoms with van der Waals surface area (Å²) in [5.41, 5.74) is 1.41. The second-order valence-electron chi connectivity index (χ2n) is 7.48. The zero-order valence-corrected chi connectivity index (χ0v) is 13.7. The van der Waals surface area contributed by atoms with Gasteiger partial charge in [0.2, 0.25) is 0 Å². The Labute approximate surface area is 138 Å². The predicted molar refractivity (Wildman–Crippen MR) is 91.4 cm³/mol. The lowest BCUT2D eigenvalue weighted by Crippen LogP contribution is -2.39. The number of hydrogen-bond acceptors (Lipinski definition) is 2. The van der Waals surface area contributed by atoms with Crippen LogP contribution in [0.5, 0.6) is 0 Å². The highest BCUT2D eigenvalue weighted by Crippen LogP contribution is 2.46. The van der Waals surface area contributed by atoms with Crippen LogP contribution >= 0.6 is 0 Å². The number of carbonyl (C=O) groups is 1. The van der Waals surface area contributed by atoms with Crippen LogP contribution in [0.25, 0.3) is 0 Å². The number of nitrogens with one attached hydrogen (secondary N) is 2. The maximum absolute atomic E-state index is 12.0. The highest BCUT2D eigenvalue weighted by atomic mass is 16.2. The number of benzene rings is 1. The third-order valence-corrected chi connectivity index (χ3v) is 5.61. The molecule has 23 heavy (non-hydrogen) atoms. The maximum Gasteiger partial charge on any atom is 0.314 e.